The van der Waals surface area contributed by atoms with Gasteiger partial charge in [-0.05, 0) is 59.7 Å². The molecule has 0 bridgehead atoms. The highest BCUT2D eigenvalue weighted by Gasteiger charge is 2.06. The summed E-state index contributed by atoms with van der Waals surface area (Å²) >= 11 is 1.54. The van der Waals surface area contributed by atoms with Gasteiger partial charge >= 0.3 is 5.97 Å². The van der Waals surface area contributed by atoms with Crippen LogP contribution >= 0.6 is 11.3 Å². The average Bonchev–Trinajstić information content (AvgIpc) is 3.06. The molecule has 2 aromatic rings. The molecular formula is C17H17NO4S. The fraction of sp³-hybridized carbons (Fsp3) is 0.176. The largest absolute Gasteiger partial charge is 0.494 e. The number of benzene rings is 1. The van der Waals surface area contributed by atoms with Crippen molar-refractivity contribution in [2.45, 2.75) is 6.92 Å². The van der Waals surface area contributed by atoms with E-state index in [2.05, 4.69) is 5.32 Å². The molecule has 0 spiro atoms. The number of amides is 1. The summed E-state index contributed by atoms with van der Waals surface area (Å²) in [7, 11) is 0. The Hall–Kier alpha value is -2.60. The summed E-state index contributed by atoms with van der Waals surface area (Å²) in [4.78, 5) is 23.2. The molecule has 120 valence electrons. The van der Waals surface area contributed by atoms with Gasteiger partial charge in [0.2, 0.25) is 0 Å². The van der Waals surface area contributed by atoms with E-state index >= 15 is 0 Å². The van der Waals surface area contributed by atoms with Gasteiger partial charge in [0.05, 0.1) is 6.61 Å². The minimum absolute atomic E-state index is 0.333. The standard InChI is InChI=1S/C17H17NO4S/c1-2-21-15-6-4-14(5-7-15)18-16(19)11-22-17(20)8-3-13-9-10-23-12-13/h3-10,12H,2,11H2,1H3,(H,18,19)/b8-3+. The number of esters is 1. The number of rotatable bonds is 7. The second kappa shape index (κ2) is 8.75. The van der Waals surface area contributed by atoms with E-state index in [1.807, 2.05) is 23.8 Å². The van der Waals surface area contributed by atoms with Crippen molar-refractivity contribution in [3.8, 4) is 5.75 Å². The maximum atomic E-state index is 11.7. The Kier molecular flexibility index (Phi) is 6.38. The minimum Gasteiger partial charge on any atom is -0.494 e. The molecular weight excluding hydrogens is 314 g/mol. The first-order valence-corrected chi connectivity index (χ1v) is 8.01. The molecule has 0 radical (unpaired) electrons. The van der Waals surface area contributed by atoms with Crippen molar-refractivity contribution < 1.29 is 19.1 Å². The summed E-state index contributed by atoms with van der Waals surface area (Å²) in [5, 5.41) is 6.46. The Labute approximate surface area is 138 Å². The summed E-state index contributed by atoms with van der Waals surface area (Å²) in [6.45, 7) is 2.15. The lowest BCUT2D eigenvalue weighted by Gasteiger charge is -2.07. The first-order chi connectivity index (χ1) is 11.2. The Morgan fingerprint density at radius 2 is 2.00 bits per heavy atom. The van der Waals surface area contributed by atoms with E-state index in [4.69, 9.17) is 9.47 Å². The molecule has 0 aliphatic rings. The molecule has 0 aliphatic carbocycles. The number of anilines is 1. The summed E-state index contributed by atoms with van der Waals surface area (Å²) in [6.07, 6.45) is 2.94. The highest BCUT2D eigenvalue weighted by molar-refractivity contribution is 7.08. The second-order valence-electron chi connectivity index (χ2n) is 4.50. The van der Waals surface area contributed by atoms with Crippen LogP contribution in [0.5, 0.6) is 5.75 Å². The summed E-state index contributed by atoms with van der Waals surface area (Å²) in [5.74, 6) is -0.222. The van der Waals surface area contributed by atoms with Crippen LogP contribution in [0, 0.1) is 0 Å². The van der Waals surface area contributed by atoms with Crippen LogP contribution in [0.15, 0.2) is 47.2 Å². The Bertz CT molecular complexity index is 662. The Balaban J connectivity index is 1.75. The van der Waals surface area contributed by atoms with Gasteiger partial charge in [0.1, 0.15) is 5.75 Å². The lowest BCUT2D eigenvalue weighted by molar-refractivity contribution is -0.142. The number of carbonyl (C=O) groups is 2. The van der Waals surface area contributed by atoms with Crippen molar-refractivity contribution in [1.29, 1.82) is 0 Å². The zero-order chi connectivity index (χ0) is 16.5. The van der Waals surface area contributed by atoms with Gasteiger partial charge in [-0.2, -0.15) is 11.3 Å². The normalized spacial score (nSPS) is 10.5. The van der Waals surface area contributed by atoms with Crippen LogP contribution in [0.4, 0.5) is 5.69 Å². The number of carbonyl (C=O) groups excluding carboxylic acids is 2. The summed E-state index contributed by atoms with van der Waals surface area (Å²) in [5.41, 5.74) is 1.54. The molecule has 2 rings (SSSR count). The first kappa shape index (κ1) is 16.8. The van der Waals surface area contributed by atoms with Gasteiger partial charge < -0.3 is 14.8 Å². The van der Waals surface area contributed by atoms with Crippen LogP contribution < -0.4 is 10.1 Å². The predicted octanol–water partition coefficient (Wildman–Crippen LogP) is 3.34. The van der Waals surface area contributed by atoms with Crippen molar-refractivity contribution in [1.82, 2.24) is 0 Å². The molecule has 0 fully saturated rings. The molecule has 1 aromatic heterocycles. The van der Waals surface area contributed by atoms with E-state index in [1.165, 1.54) is 17.4 Å². The Morgan fingerprint density at radius 1 is 1.22 bits per heavy atom. The van der Waals surface area contributed by atoms with Gasteiger partial charge in [-0.25, -0.2) is 4.79 Å². The monoisotopic (exact) mass is 331 g/mol. The topological polar surface area (TPSA) is 64.6 Å². The number of hydrogen-bond acceptors (Lipinski definition) is 5. The van der Waals surface area contributed by atoms with Gasteiger partial charge in [-0.1, -0.05) is 0 Å². The molecule has 1 N–H and O–H groups in total. The van der Waals surface area contributed by atoms with Gasteiger partial charge in [0.15, 0.2) is 6.61 Å². The molecule has 0 aliphatic heterocycles. The van der Waals surface area contributed by atoms with Crippen molar-refractivity contribution in [2.24, 2.45) is 0 Å². The summed E-state index contributed by atoms with van der Waals surface area (Å²) in [6, 6.07) is 8.85. The van der Waals surface area contributed by atoms with E-state index in [0.29, 0.717) is 12.3 Å². The number of ether oxygens (including phenoxy) is 2. The van der Waals surface area contributed by atoms with Gasteiger partial charge in [-0.3, -0.25) is 4.79 Å². The third kappa shape index (κ3) is 5.96. The maximum Gasteiger partial charge on any atom is 0.331 e. The van der Waals surface area contributed by atoms with E-state index in [9.17, 15) is 9.59 Å². The van der Waals surface area contributed by atoms with E-state index < -0.39 is 11.9 Å². The van der Waals surface area contributed by atoms with E-state index in [1.54, 1.807) is 30.3 Å². The van der Waals surface area contributed by atoms with E-state index in [-0.39, 0.29) is 6.61 Å². The SMILES string of the molecule is CCOc1ccc(NC(=O)COC(=O)/C=C/c2ccsc2)cc1. The third-order valence-electron chi connectivity index (χ3n) is 2.75. The minimum atomic E-state index is -0.557. The number of nitrogens with one attached hydrogen (secondary N) is 1. The number of hydrogen-bond donors (Lipinski definition) is 1. The maximum absolute atomic E-state index is 11.7. The van der Waals surface area contributed by atoms with Gasteiger partial charge in [0, 0.05) is 11.8 Å². The van der Waals surface area contributed by atoms with Crippen LogP contribution in [0.1, 0.15) is 12.5 Å². The van der Waals surface area contributed by atoms with E-state index in [0.717, 1.165) is 11.3 Å². The predicted molar refractivity (Wildman–Crippen MR) is 90.6 cm³/mol. The Morgan fingerprint density at radius 3 is 2.65 bits per heavy atom. The van der Waals surface area contributed by atoms with Crippen molar-refractivity contribution >= 4 is 35.0 Å². The van der Waals surface area contributed by atoms with Crippen LogP contribution in [0.3, 0.4) is 0 Å². The van der Waals surface area contributed by atoms with Crippen LogP contribution in [0.2, 0.25) is 0 Å². The van der Waals surface area contributed by atoms with Crippen LogP contribution in [0.25, 0.3) is 6.08 Å². The second-order valence-corrected chi connectivity index (χ2v) is 5.28. The summed E-state index contributed by atoms with van der Waals surface area (Å²) < 4.78 is 10.2. The highest BCUT2D eigenvalue weighted by atomic mass is 32.1. The first-order valence-electron chi connectivity index (χ1n) is 7.07. The van der Waals surface area contributed by atoms with Crippen LogP contribution in [-0.4, -0.2) is 25.1 Å². The molecule has 0 saturated carbocycles. The molecule has 1 aromatic carbocycles. The molecule has 0 atom stereocenters. The number of thiophene rings is 1. The fourth-order valence-corrected chi connectivity index (χ4v) is 2.35. The van der Waals surface area contributed by atoms with Gasteiger partial charge in [-0.15, -0.1) is 0 Å². The molecule has 1 heterocycles. The quantitative estimate of drug-likeness (QED) is 0.624. The van der Waals surface area contributed by atoms with Crippen molar-refractivity contribution in [3.05, 3.63) is 52.7 Å². The van der Waals surface area contributed by atoms with Crippen molar-refractivity contribution in [3.63, 3.8) is 0 Å². The zero-order valence-corrected chi connectivity index (χ0v) is 13.5. The average molecular weight is 331 g/mol. The molecule has 0 unspecified atom stereocenters. The smallest absolute Gasteiger partial charge is 0.331 e. The lowest BCUT2D eigenvalue weighted by Crippen LogP contribution is -2.20. The third-order valence-corrected chi connectivity index (χ3v) is 3.45. The van der Waals surface area contributed by atoms with Gasteiger partial charge in [0.25, 0.3) is 5.91 Å². The highest BCUT2D eigenvalue weighted by Crippen LogP contribution is 2.15. The lowest BCUT2D eigenvalue weighted by atomic mass is 10.3. The zero-order valence-electron chi connectivity index (χ0n) is 12.7. The van der Waals surface area contributed by atoms with Crippen LogP contribution in [-0.2, 0) is 14.3 Å². The molecule has 1 amide bonds. The molecule has 6 heteroatoms. The fourth-order valence-electron chi connectivity index (χ4n) is 1.72. The molecule has 5 nitrogen and oxygen atoms in total. The molecule has 23 heavy (non-hydrogen) atoms. The van der Waals surface area contributed by atoms with Crippen molar-refractivity contribution in [2.75, 3.05) is 18.5 Å². The molecule has 0 saturated heterocycles.